The van der Waals surface area contributed by atoms with Gasteiger partial charge in [0, 0.05) is 4.47 Å². The first-order valence-corrected chi connectivity index (χ1v) is 7.73. The van der Waals surface area contributed by atoms with E-state index in [1.807, 2.05) is 43.3 Å². The molecule has 0 fully saturated rings. The summed E-state index contributed by atoms with van der Waals surface area (Å²) >= 11 is 3.34. The molecule has 1 amide bonds. The van der Waals surface area contributed by atoms with Crippen molar-refractivity contribution in [1.82, 2.24) is 5.43 Å². The van der Waals surface area contributed by atoms with E-state index < -0.39 is 0 Å². The molecule has 0 aliphatic carbocycles. The molecule has 0 unspecified atom stereocenters. The lowest BCUT2D eigenvalue weighted by Gasteiger charge is -2.06. The van der Waals surface area contributed by atoms with Crippen molar-refractivity contribution in [3.8, 4) is 11.5 Å². The fourth-order valence-corrected chi connectivity index (χ4v) is 2.02. The topological polar surface area (TPSA) is 59.9 Å². The van der Waals surface area contributed by atoms with Crippen LogP contribution in [0.3, 0.4) is 0 Å². The predicted molar refractivity (Wildman–Crippen MR) is 93.0 cm³/mol. The first kappa shape index (κ1) is 17.0. The summed E-state index contributed by atoms with van der Waals surface area (Å²) in [5, 5.41) is 4.07. The highest BCUT2D eigenvalue weighted by molar-refractivity contribution is 9.10. The Bertz CT molecular complexity index is 682. The number of rotatable bonds is 6. The molecule has 0 aromatic heterocycles. The Morgan fingerprint density at radius 3 is 2.30 bits per heavy atom. The minimum Gasteiger partial charge on any atom is -0.497 e. The molecule has 2 aromatic rings. The Kier molecular flexibility index (Phi) is 6.17. The zero-order chi connectivity index (χ0) is 16.7. The molecule has 120 valence electrons. The number of ether oxygens (including phenoxy) is 2. The van der Waals surface area contributed by atoms with Crippen molar-refractivity contribution in [3.63, 3.8) is 0 Å². The van der Waals surface area contributed by atoms with Crippen molar-refractivity contribution in [3.05, 3.63) is 58.6 Å². The molecule has 6 heteroatoms. The van der Waals surface area contributed by atoms with Crippen LogP contribution >= 0.6 is 15.9 Å². The van der Waals surface area contributed by atoms with E-state index in [2.05, 4.69) is 26.5 Å². The highest BCUT2D eigenvalue weighted by Crippen LogP contribution is 2.16. The molecule has 23 heavy (non-hydrogen) atoms. The lowest BCUT2D eigenvalue weighted by atomic mass is 10.1. The normalized spacial score (nSPS) is 11.0. The number of hydrogen-bond acceptors (Lipinski definition) is 4. The summed E-state index contributed by atoms with van der Waals surface area (Å²) in [5.74, 6) is 1.08. The average molecular weight is 377 g/mol. The van der Waals surface area contributed by atoms with Gasteiger partial charge in [0.25, 0.3) is 5.91 Å². The number of carbonyl (C=O) groups is 1. The molecule has 0 spiro atoms. The van der Waals surface area contributed by atoms with Crippen molar-refractivity contribution in [2.45, 2.75) is 6.92 Å². The molecule has 0 saturated heterocycles. The third-order valence-corrected chi connectivity index (χ3v) is 3.57. The lowest BCUT2D eigenvalue weighted by Crippen LogP contribution is -2.25. The van der Waals surface area contributed by atoms with Gasteiger partial charge in [-0.05, 0) is 61.0 Å². The van der Waals surface area contributed by atoms with E-state index in [9.17, 15) is 4.79 Å². The van der Waals surface area contributed by atoms with Crippen LogP contribution in [-0.4, -0.2) is 25.3 Å². The largest absolute Gasteiger partial charge is 0.497 e. The van der Waals surface area contributed by atoms with Gasteiger partial charge in [-0.15, -0.1) is 0 Å². The molecule has 0 saturated carbocycles. The quantitative estimate of drug-likeness (QED) is 0.620. The van der Waals surface area contributed by atoms with Crippen LogP contribution in [0, 0.1) is 0 Å². The highest BCUT2D eigenvalue weighted by Gasteiger charge is 2.03. The Hall–Kier alpha value is -2.34. The zero-order valence-corrected chi connectivity index (χ0v) is 14.5. The van der Waals surface area contributed by atoms with Crippen molar-refractivity contribution < 1.29 is 14.3 Å². The van der Waals surface area contributed by atoms with E-state index in [4.69, 9.17) is 9.47 Å². The van der Waals surface area contributed by atoms with Gasteiger partial charge in [0.2, 0.25) is 0 Å². The van der Waals surface area contributed by atoms with Crippen LogP contribution in [0.1, 0.15) is 12.5 Å². The van der Waals surface area contributed by atoms with Crippen LogP contribution in [0.4, 0.5) is 0 Å². The third kappa shape index (κ3) is 5.41. The maximum Gasteiger partial charge on any atom is 0.277 e. The van der Waals surface area contributed by atoms with Crippen LogP contribution in [-0.2, 0) is 4.79 Å². The van der Waals surface area contributed by atoms with Crippen LogP contribution in [0.2, 0.25) is 0 Å². The molecule has 0 radical (unpaired) electrons. The highest BCUT2D eigenvalue weighted by atomic mass is 79.9. The Labute approximate surface area is 143 Å². The average Bonchev–Trinajstić information content (AvgIpc) is 2.59. The molecular weight excluding hydrogens is 360 g/mol. The monoisotopic (exact) mass is 376 g/mol. The molecule has 0 bridgehead atoms. The number of methoxy groups -OCH3 is 1. The smallest absolute Gasteiger partial charge is 0.277 e. The summed E-state index contributed by atoms with van der Waals surface area (Å²) in [6.45, 7) is 1.72. The second-order valence-electron chi connectivity index (χ2n) is 4.70. The van der Waals surface area contributed by atoms with E-state index >= 15 is 0 Å². The lowest BCUT2D eigenvalue weighted by molar-refractivity contribution is -0.123. The van der Waals surface area contributed by atoms with Crippen LogP contribution in [0.15, 0.2) is 58.1 Å². The Morgan fingerprint density at radius 2 is 1.70 bits per heavy atom. The van der Waals surface area contributed by atoms with E-state index in [1.54, 1.807) is 19.2 Å². The fourth-order valence-electron chi connectivity index (χ4n) is 1.75. The van der Waals surface area contributed by atoms with Gasteiger partial charge in [-0.3, -0.25) is 4.79 Å². The van der Waals surface area contributed by atoms with E-state index in [0.717, 1.165) is 15.8 Å². The van der Waals surface area contributed by atoms with Crippen molar-refractivity contribution >= 4 is 27.5 Å². The number of hydrogen-bond donors (Lipinski definition) is 1. The first-order valence-electron chi connectivity index (χ1n) is 6.94. The van der Waals surface area contributed by atoms with Gasteiger partial charge in [-0.1, -0.05) is 15.9 Å². The minimum atomic E-state index is -0.319. The van der Waals surface area contributed by atoms with E-state index in [1.165, 1.54) is 0 Å². The summed E-state index contributed by atoms with van der Waals surface area (Å²) in [5.41, 5.74) is 4.08. The minimum absolute atomic E-state index is 0.0962. The van der Waals surface area contributed by atoms with Gasteiger partial charge in [-0.25, -0.2) is 5.43 Å². The number of benzene rings is 2. The molecule has 5 nitrogen and oxygen atoms in total. The fraction of sp³-hybridized carbons (Fsp3) is 0.176. The van der Waals surface area contributed by atoms with Crippen LogP contribution < -0.4 is 14.9 Å². The maximum atomic E-state index is 11.7. The van der Waals surface area contributed by atoms with Gasteiger partial charge in [0.05, 0.1) is 12.8 Å². The molecule has 0 heterocycles. The number of carbonyl (C=O) groups excluding carboxylic acids is 1. The Morgan fingerprint density at radius 1 is 1.09 bits per heavy atom. The van der Waals surface area contributed by atoms with Crippen molar-refractivity contribution in [2.75, 3.05) is 13.7 Å². The first-order chi connectivity index (χ1) is 11.1. The number of amides is 1. The van der Waals surface area contributed by atoms with Gasteiger partial charge in [0.15, 0.2) is 6.61 Å². The maximum absolute atomic E-state index is 11.7. The summed E-state index contributed by atoms with van der Waals surface area (Å²) in [4.78, 5) is 11.7. The molecule has 2 aromatic carbocycles. The summed E-state index contributed by atoms with van der Waals surface area (Å²) < 4.78 is 11.4. The van der Waals surface area contributed by atoms with Gasteiger partial charge >= 0.3 is 0 Å². The molecule has 0 aliphatic heterocycles. The molecule has 0 atom stereocenters. The number of nitrogens with one attached hydrogen (secondary N) is 1. The van der Waals surface area contributed by atoms with E-state index in [0.29, 0.717) is 11.5 Å². The van der Waals surface area contributed by atoms with Gasteiger partial charge in [0.1, 0.15) is 11.5 Å². The second kappa shape index (κ2) is 8.33. The zero-order valence-electron chi connectivity index (χ0n) is 12.9. The summed E-state index contributed by atoms with van der Waals surface area (Å²) in [6.07, 6.45) is 0. The predicted octanol–water partition coefficient (Wildman–Crippen LogP) is 3.38. The SMILES string of the molecule is COc1ccc(C(C)=NNC(=O)COc2ccc(Br)cc2)cc1. The summed E-state index contributed by atoms with van der Waals surface area (Å²) in [6, 6.07) is 14.7. The van der Waals surface area contributed by atoms with Crippen molar-refractivity contribution in [2.24, 2.45) is 5.10 Å². The van der Waals surface area contributed by atoms with Crippen LogP contribution in [0.25, 0.3) is 0 Å². The van der Waals surface area contributed by atoms with Crippen molar-refractivity contribution in [1.29, 1.82) is 0 Å². The number of hydrazone groups is 1. The number of halogens is 1. The molecule has 0 aliphatic rings. The number of nitrogens with zero attached hydrogens (tertiary/aromatic N) is 1. The summed E-state index contributed by atoms with van der Waals surface area (Å²) in [7, 11) is 1.61. The van der Waals surface area contributed by atoms with Gasteiger partial charge < -0.3 is 9.47 Å². The molecule has 1 N–H and O–H groups in total. The van der Waals surface area contributed by atoms with E-state index in [-0.39, 0.29) is 12.5 Å². The second-order valence-corrected chi connectivity index (χ2v) is 5.62. The Balaban J connectivity index is 1.85. The molecular formula is C17H17BrN2O3. The van der Waals surface area contributed by atoms with Crippen LogP contribution in [0.5, 0.6) is 11.5 Å². The molecule has 2 rings (SSSR count). The van der Waals surface area contributed by atoms with Gasteiger partial charge in [-0.2, -0.15) is 5.10 Å². The standard InChI is InChI=1S/C17H17BrN2O3/c1-12(13-3-7-15(22-2)8-4-13)19-20-17(21)11-23-16-9-5-14(18)6-10-16/h3-10H,11H2,1-2H3,(H,20,21). The third-order valence-electron chi connectivity index (χ3n) is 3.04.